The van der Waals surface area contributed by atoms with Crippen LogP contribution in [0.3, 0.4) is 0 Å². The molecule has 0 aromatic carbocycles. The lowest BCUT2D eigenvalue weighted by Gasteiger charge is -2.14. The molecule has 0 saturated heterocycles. The Balaban J connectivity index is 2.15. The van der Waals surface area contributed by atoms with Gasteiger partial charge in [-0.1, -0.05) is 34.8 Å². The Morgan fingerprint density at radius 1 is 0.929 bits per heavy atom. The summed E-state index contributed by atoms with van der Waals surface area (Å²) < 4.78 is 2.35. The maximum atomic E-state index is 3.82. The van der Waals surface area contributed by atoms with Crippen LogP contribution in [-0.2, 0) is 0 Å². The molecule has 1 aromatic heterocycles. The van der Waals surface area contributed by atoms with Crippen LogP contribution in [0.25, 0.3) is 0 Å². The summed E-state index contributed by atoms with van der Waals surface area (Å²) >= 11 is 3.82. The third kappa shape index (κ3) is 2.35. The zero-order chi connectivity index (χ0) is 9.80. The average molecular weight is 255 g/mol. The van der Waals surface area contributed by atoms with Crippen molar-refractivity contribution in [2.45, 2.75) is 43.0 Å². The first-order valence-electron chi connectivity index (χ1n) is 5.48. The second-order valence-electron chi connectivity index (χ2n) is 4.04. The highest BCUT2D eigenvalue weighted by molar-refractivity contribution is 9.09. The van der Waals surface area contributed by atoms with Crippen LogP contribution in [0, 0.1) is 0 Å². The van der Waals surface area contributed by atoms with Crippen LogP contribution in [-0.4, -0.2) is 4.83 Å². The van der Waals surface area contributed by atoms with Gasteiger partial charge in [0.2, 0.25) is 0 Å². The molecule has 1 saturated carbocycles. The van der Waals surface area contributed by atoms with E-state index in [1.165, 1.54) is 32.1 Å². The molecular weight excluding hydrogens is 238 g/mol. The van der Waals surface area contributed by atoms with Crippen LogP contribution in [0.5, 0.6) is 0 Å². The van der Waals surface area contributed by atoms with Crippen LogP contribution in [0.1, 0.15) is 38.1 Å². The van der Waals surface area contributed by atoms with Crippen molar-refractivity contribution in [2.24, 2.45) is 0 Å². The Hall–Kier alpha value is -0.370. The number of halogens is 1. The molecule has 14 heavy (non-hydrogen) atoms. The molecule has 2 rings (SSSR count). The Kier molecular flexibility index (Phi) is 3.57. The fourth-order valence-electron chi connectivity index (χ4n) is 2.21. The van der Waals surface area contributed by atoms with E-state index in [0.717, 1.165) is 0 Å². The quantitative estimate of drug-likeness (QED) is 0.412. The lowest BCUT2D eigenvalue weighted by molar-refractivity contribution is -0.722. The molecule has 0 bridgehead atoms. The van der Waals surface area contributed by atoms with Crippen molar-refractivity contribution in [2.75, 3.05) is 0 Å². The van der Waals surface area contributed by atoms with Gasteiger partial charge >= 0.3 is 0 Å². The molecule has 1 aromatic rings. The summed E-state index contributed by atoms with van der Waals surface area (Å²) in [7, 11) is 0. The molecule has 0 aliphatic heterocycles. The van der Waals surface area contributed by atoms with Gasteiger partial charge in [0, 0.05) is 18.6 Å². The minimum atomic E-state index is 0.650. The summed E-state index contributed by atoms with van der Waals surface area (Å²) in [5.74, 6) is 0. The maximum absolute atomic E-state index is 3.82. The summed E-state index contributed by atoms with van der Waals surface area (Å²) in [5.41, 5.74) is 0. The van der Waals surface area contributed by atoms with E-state index in [-0.39, 0.29) is 0 Å². The fourth-order valence-corrected chi connectivity index (χ4v) is 3.07. The summed E-state index contributed by atoms with van der Waals surface area (Å²) in [6.07, 6.45) is 11.1. The maximum Gasteiger partial charge on any atom is 0.170 e. The first kappa shape index (κ1) is 10.2. The van der Waals surface area contributed by atoms with Crippen molar-refractivity contribution in [3.8, 4) is 0 Å². The van der Waals surface area contributed by atoms with E-state index in [1.807, 2.05) is 0 Å². The highest BCUT2D eigenvalue weighted by Crippen LogP contribution is 2.28. The molecule has 1 nitrogen and oxygen atoms in total. The zero-order valence-electron chi connectivity index (χ0n) is 8.40. The lowest BCUT2D eigenvalue weighted by atomic mass is 10.1. The van der Waals surface area contributed by atoms with Crippen LogP contribution >= 0.6 is 15.9 Å². The first-order chi connectivity index (χ1) is 6.88. The minimum absolute atomic E-state index is 0.650. The smallest absolute Gasteiger partial charge is 0.170 e. The molecule has 0 radical (unpaired) electrons. The highest BCUT2D eigenvalue weighted by atomic mass is 79.9. The van der Waals surface area contributed by atoms with Gasteiger partial charge in [-0.15, -0.1) is 0 Å². The van der Waals surface area contributed by atoms with E-state index in [9.17, 15) is 0 Å². The van der Waals surface area contributed by atoms with Crippen molar-refractivity contribution in [1.82, 2.24) is 0 Å². The van der Waals surface area contributed by atoms with Crippen LogP contribution in [0.2, 0.25) is 0 Å². The second kappa shape index (κ2) is 4.92. The lowest BCUT2D eigenvalue weighted by Crippen LogP contribution is -2.42. The average Bonchev–Trinajstić information content (AvgIpc) is 2.44. The molecule has 2 heteroatoms. The Morgan fingerprint density at radius 3 is 2.43 bits per heavy atom. The van der Waals surface area contributed by atoms with Gasteiger partial charge in [0.05, 0.1) is 4.83 Å². The number of rotatable bonds is 1. The van der Waals surface area contributed by atoms with Gasteiger partial charge in [-0.05, 0) is 12.8 Å². The number of pyridine rings is 1. The molecule has 0 amide bonds. The van der Waals surface area contributed by atoms with Gasteiger partial charge in [0.15, 0.2) is 18.4 Å². The molecule has 2 atom stereocenters. The normalized spacial score (nSPS) is 28.4. The molecule has 0 spiro atoms. The van der Waals surface area contributed by atoms with Crippen molar-refractivity contribution < 1.29 is 4.57 Å². The van der Waals surface area contributed by atoms with Gasteiger partial charge < -0.3 is 0 Å². The van der Waals surface area contributed by atoms with E-state index < -0.39 is 0 Å². The standard InChI is InChI=1S/C12H17BrN/c13-11-7-3-1-4-8-12(11)14-9-5-2-6-10-14/h2,5-6,9-12H,1,3-4,7-8H2/q+1/t11-,12+/m0/s1. The zero-order valence-corrected chi connectivity index (χ0v) is 9.99. The van der Waals surface area contributed by atoms with E-state index in [2.05, 4.69) is 51.1 Å². The molecule has 1 aliphatic carbocycles. The van der Waals surface area contributed by atoms with Gasteiger partial charge in [-0.3, -0.25) is 0 Å². The monoisotopic (exact) mass is 254 g/mol. The van der Waals surface area contributed by atoms with Crippen LogP contribution < -0.4 is 4.57 Å². The van der Waals surface area contributed by atoms with E-state index >= 15 is 0 Å². The van der Waals surface area contributed by atoms with Crippen molar-refractivity contribution in [1.29, 1.82) is 0 Å². The minimum Gasteiger partial charge on any atom is -0.201 e. The Morgan fingerprint density at radius 2 is 1.64 bits per heavy atom. The van der Waals surface area contributed by atoms with Crippen LogP contribution in [0.4, 0.5) is 0 Å². The third-order valence-electron chi connectivity index (χ3n) is 3.02. The summed E-state index contributed by atoms with van der Waals surface area (Å²) in [6, 6.07) is 6.96. The van der Waals surface area contributed by atoms with Gasteiger partial charge in [-0.25, -0.2) is 4.57 Å². The number of nitrogens with zero attached hydrogens (tertiary/aromatic N) is 1. The number of hydrogen-bond donors (Lipinski definition) is 0. The van der Waals surface area contributed by atoms with Gasteiger partial charge in [-0.2, -0.15) is 0 Å². The predicted molar refractivity (Wildman–Crippen MR) is 61.5 cm³/mol. The van der Waals surface area contributed by atoms with Crippen LogP contribution in [0.15, 0.2) is 30.6 Å². The number of hydrogen-bond acceptors (Lipinski definition) is 0. The van der Waals surface area contributed by atoms with Crippen molar-refractivity contribution in [3.05, 3.63) is 30.6 Å². The third-order valence-corrected chi connectivity index (χ3v) is 4.09. The fraction of sp³-hybridized carbons (Fsp3) is 0.583. The van der Waals surface area contributed by atoms with Gasteiger partial charge in [0.25, 0.3) is 0 Å². The molecule has 0 N–H and O–H groups in total. The highest BCUT2D eigenvalue weighted by Gasteiger charge is 2.28. The van der Waals surface area contributed by atoms with Gasteiger partial charge in [0.1, 0.15) is 0 Å². The molecular formula is C12H17BrN+. The van der Waals surface area contributed by atoms with Crippen molar-refractivity contribution >= 4 is 15.9 Å². The summed E-state index contributed by atoms with van der Waals surface area (Å²) in [6.45, 7) is 0. The molecule has 1 heterocycles. The predicted octanol–water partition coefficient (Wildman–Crippen LogP) is 3.24. The summed E-state index contributed by atoms with van der Waals surface area (Å²) in [4.78, 5) is 0.650. The topological polar surface area (TPSA) is 3.88 Å². The summed E-state index contributed by atoms with van der Waals surface area (Å²) in [5, 5.41) is 0. The first-order valence-corrected chi connectivity index (χ1v) is 6.39. The Labute approximate surface area is 94.3 Å². The largest absolute Gasteiger partial charge is 0.201 e. The molecule has 1 aliphatic rings. The SMILES string of the molecule is Br[C@H]1CCCCC[C@H]1[n+]1ccccc1. The van der Waals surface area contributed by atoms with E-state index in [0.29, 0.717) is 10.9 Å². The molecule has 76 valence electrons. The number of alkyl halides is 1. The number of aromatic nitrogens is 1. The second-order valence-corrected chi connectivity index (χ2v) is 5.22. The van der Waals surface area contributed by atoms with E-state index in [1.54, 1.807) is 0 Å². The molecule has 1 fully saturated rings. The van der Waals surface area contributed by atoms with E-state index in [4.69, 9.17) is 0 Å². The Bertz CT molecular complexity index is 273. The van der Waals surface area contributed by atoms with Crippen molar-refractivity contribution in [3.63, 3.8) is 0 Å². The molecule has 0 unspecified atom stereocenters.